The van der Waals surface area contributed by atoms with Gasteiger partial charge in [0.25, 0.3) is 0 Å². The number of aliphatic carboxylic acids is 1. The summed E-state index contributed by atoms with van der Waals surface area (Å²) in [7, 11) is 2.93. The summed E-state index contributed by atoms with van der Waals surface area (Å²) in [5, 5.41) is 9.14. The topological polar surface area (TPSA) is 104 Å². The van der Waals surface area contributed by atoms with Crippen LogP contribution in [0.3, 0.4) is 0 Å². The van der Waals surface area contributed by atoms with Gasteiger partial charge >= 0.3 is 5.97 Å². The van der Waals surface area contributed by atoms with E-state index in [2.05, 4.69) is 4.99 Å². The molecule has 1 heterocycles. The maximum atomic E-state index is 14.0. The highest BCUT2D eigenvalue weighted by molar-refractivity contribution is 6.35. The molecule has 35 heavy (non-hydrogen) atoms. The Hall–Kier alpha value is -3.52. The number of ether oxygens (including phenoxy) is 4. The van der Waals surface area contributed by atoms with Gasteiger partial charge in [0.15, 0.2) is 11.5 Å². The minimum Gasteiger partial charge on any atom is -0.496 e. The van der Waals surface area contributed by atoms with Gasteiger partial charge in [-0.05, 0) is 12.0 Å². The third-order valence-electron chi connectivity index (χ3n) is 6.17. The summed E-state index contributed by atoms with van der Waals surface area (Å²) in [4.78, 5) is 29.4. The van der Waals surface area contributed by atoms with Gasteiger partial charge in [-0.25, -0.2) is 0 Å². The zero-order chi connectivity index (χ0) is 25.2. The molecule has 1 aliphatic carbocycles. The minimum absolute atomic E-state index is 0.0927. The first-order valence-corrected chi connectivity index (χ1v) is 11.5. The number of rotatable bonds is 8. The molecule has 1 N–H and O–H groups in total. The molecule has 2 atom stereocenters. The smallest absolute Gasteiger partial charge is 0.305 e. The van der Waals surface area contributed by atoms with Crippen molar-refractivity contribution in [2.45, 2.75) is 32.0 Å². The van der Waals surface area contributed by atoms with Crippen LogP contribution >= 0.6 is 11.6 Å². The van der Waals surface area contributed by atoms with Gasteiger partial charge in [0, 0.05) is 30.3 Å². The molecule has 2 aromatic rings. The SMILES string of the molecule is COc1cc(OC)c2c(c1Cl)O[C@]1(C2=O)C(OCc2ccccc2)=CC(=NCCC(=O)O)C[C@H]1C. The van der Waals surface area contributed by atoms with E-state index in [9.17, 15) is 9.59 Å². The van der Waals surface area contributed by atoms with Crippen LogP contribution in [0.1, 0.15) is 35.7 Å². The Morgan fingerprint density at radius 1 is 1.23 bits per heavy atom. The molecule has 0 saturated carbocycles. The summed E-state index contributed by atoms with van der Waals surface area (Å²) in [6.07, 6.45) is 1.96. The lowest BCUT2D eigenvalue weighted by molar-refractivity contribution is -0.136. The zero-order valence-electron chi connectivity index (χ0n) is 19.7. The molecular formula is C26H26ClNO7. The molecule has 1 spiro atoms. The molecule has 9 heteroatoms. The van der Waals surface area contributed by atoms with E-state index in [0.717, 1.165) is 5.56 Å². The second-order valence-electron chi connectivity index (χ2n) is 8.37. The van der Waals surface area contributed by atoms with Gasteiger partial charge < -0.3 is 24.1 Å². The minimum atomic E-state index is -1.48. The first-order valence-electron chi connectivity index (χ1n) is 11.1. The molecule has 0 fully saturated rings. The third kappa shape index (κ3) is 4.46. The fourth-order valence-corrected chi connectivity index (χ4v) is 4.66. The van der Waals surface area contributed by atoms with E-state index >= 15 is 0 Å². The molecule has 0 unspecified atom stereocenters. The van der Waals surface area contributed by atoms with Crippen LogP contribution in [0, 0.1) is 5.92 Å². The Bertz CT molecular complexity index is 1210. The number of carbonyl (C=O) groups is 2. The molecule has 0 bridgehead atoms. The van der Waals surface area contributed by atoms with Crippen LogP contribution in [0.4, 0.5) is 0 Å². The zero-order valence-corrected chi connectivity index (χ0v) is 20.4. The molecule has 2 aromatic carbocycles. The lowest BCUT2D eigenvalue weighted by Crippen LogP contribution is -2.51. The summed E-state index contributed by atoms with van der Waals surface area (Å²) < 4.78 is 23.4. The van der Waals surface area contributed by atoms with Gasteiger partial charge in [-0.2, -0.15) is 0 Å². The number of aliphatic imine (C=N–C) groups is 1. The highest BCUT2D eigenvalue weighted by Crippen LogP contribution is 2.54. The first-order chi connectivity index (χ1) is 16.8. The molecule has 0 aromatic heterocycles. The molecule has 4 rings (SSSR count). The van der Waals surface area contributed by atoms with E-state index in [1.54, 1.807) is 12.1 Å². The predicted octanol–water partition coefficient (Wildman–Crippen LogP) is 4.73. The molecule has 1 aliphatic heterocycles. The average molecular weight is 500 g/mol. The number of carbonyl (C=O) groups excluding carboxylic acids is 1. The Labute approximate surface area is 208 Å². The van der Waals surface area contributed by atoms with Gasteiger partial charge in [-0.1, -0.05) is 48.9 Å². The summed E-state index contributed by atoms with van der Waals surface area (Å²) >= 11 is 6.55. The number of nitrogens with zero attached hydrogens (tertiary/aromatic N) is 1. The van der Waals surface area contributed by atoms with Crippen LogP contribution in [-0.4, -0.2) is 48.9 Å². The number of methoxy groups -OCH3 is 2. The van der Waals surface area contributed by atoms with Gasteiger partial charge in [-0.3, -0.25) is 14.6 Å². The number of ketones is 1. The van der Waals surface area contributed by atoms with E-state index in [1.807, 2.05) is 37.3 Å². The molecule has 184 valence electrons. The molecule has 0 radical (unpaired) electrons. The monoisotopic (exact) mass is 499 g/mol. The molecule has 0 saturated heterocycles. The summed E-state index contributed by atoms with van der Waals surface area (Å²) in [5.41, 5.74) is 0.291. The van der Waals surface area contributed by atoms with E-state index in [4.69, 9.17) is 35.7 Å². The lowest BCUT2D eigenvalue weighted by Gasteiger charge is -2.38. The number of Topliss-reactive ketones (excluding diaryl/α,β-unsaturated/α-hetero) is 1. The Morgan fingerprint density at radius 3 is 2.60 bits per heavy atom. The Balaban J connectivity index is 1.79. The lowest BCUT2D eigenvalue weighted by atomic mass is 9.75. The number of hydrogen-bond donors (Lipinski definition) is 1. The third-order valence-corrected chi connectivity index (χ3v) is 6.53. The van der Waals surface area contributed by atoms with Crippen molar-refractivity contribution in [2.24, 2.45) is 10.9 Å². The molecule has 0 amide bonds. The number of carboxylic acids is 1. The van der Waals surface area contributed by atoms with E-state index in [0.29, 0.717) is 23.6 Å². The quantitative estimate of drug-likeness (QED) is 0.560. The normalized spacial score (nSPS) is 21.9. The van der Waals surface area contributed by atoms with Crippen molar-refractivity contribution >= 4 is 29.1 Å². The van der Waals surface area contributed by atoms with Crippen molar-refractivity contribution in [3.05, 3.63) is 64.4 Å². The van der Waals surface area contributed by atoms with E-state index in [1.165, 1.54) is 14.2 Å². The largest absolute Gasteiger partial charge is 0.496 e. The number of fused-ring (bicyclic) bond motifs is 1. The number of carboxylic acid groups (broad SMARTS) is 1. The number of halogens is 1. The number of allylic oxidation sites excluding steroid dienone is 1. The number of benzene rings is 2. The second kappa shape index (κ2) is 10.00. The summed E-state index contributed by atoms with van der Waals surface area (Å²) in [5.74, 6) is -0.577. The van der Waals surface area contributed by atoms with Crippen molar-refractivity contribution in [1.82, 2.24) is 0 Å². The standard InChI is InChI=1S/C26H26ClNO7/c1-15-11-17(28-10-9-21(29)30)12-20(34-14-16-7-5-4-6-8-16)26(15)25(31)22-18(32-2)13-19(33-3)23(27)24(22)35-26/h4-8,12-13,15H,9-11,14H2,1-3H3,(H,29,30)/t15-,26+/m1/s1. The predicted molar refractivity (Wildman–Crippen MR) is 130 cm³/mol. The maximum Gasteiger partial charge on any atom is 0.305 e. The van der Waals surface area contributed by atoms with Gasteiger partial charge in [-0.15, -0.1) is 0 Å². The average Bonchev–Trinajstić information content (AvgIpc) is 3.16. The van der Waals surface area contributed by atoms with Crippen molar-refractivity contribution < 1.29 is 33.6 Å². The van der Waals surface area contributed by atoms with Gasteiger partial charge in [0.1, 0.15) is 28.7 Å². The van der Waals surface area contributed by atoms with E-state index < -0.39 is 17.5 Å². The van der Waals surface area contributed by atoms with Crippen molar-refractivity contribution in [3.63, 3.8) is 0 Å². The van der Waals surface area contributed by atoms with Crippen LogP contribution in [0.5, 0.6) is 17.2 Å². The molecule has 2 aliphatic rings. The molecular weight excluding hydrogens is 474 g/mol. The van der Waals surface area contributed by atoms with Crippen LogP contribution in [0.2, 0.25) is 5.02 Å². The summed E-state index contributed by atoms with van der Waals surface area (Å²) in [6, 6.07) is 11.1. The van der Waals surface area contributed by atoms with Crippen molar-refractivity contribution in [1.29, 1.82) is 0 Å². The van der Waals surface area contributed by atoms with Gasteiger partial charge in [0.05, 0.1) is 20.6 Å². The van der Waals surface area contributed by atoms with Crippen LogP contribution < -0.4 is 14.2 Å². The Kier molecular flexibility index (Phi) is 7.03. The van der Waals surface area contributed by atoms with Crippen LogP contribution in [0.25, 0.3) is 0 Å². The number of hydrogen-bond acceptors (Lipinski definition) is 7. The van der Waals surface area contributed by atoms with Crippen LogP contribution in [-0.2, 0) is 16.1 Å². The van der Waals surface area contributed by atoms with Crippen LogP contribution in [0.15, 0.2) is 53.2 Å². The van der Waals surface area contributed by atoms with Gasteiger partial charge in [0.2, 0.25) is 11.4 Å². The maximum absolute atomic E-state index is 14.0. The fraction of sp³-hybridized carbons (Fsp3) is 0.346. The highest BCUT2D eigenvalue weighted by Gasteiger charge is 2.59. The summed E-state index contributed by atoms with van der Waals surface area (Å²) in [6.45, 7) is 2.19. The first kappa shape index (κ1) is 24.6. The Morgan fingerprint density at radius 2 is 1.94 bits per heavy atom. The van der Waals surface area contributed by atoms with Crippen molar-refractivity contribution in [3.8, 4) is 17.2 Å². The second-order valence-corrected chi connectivity index (χ2v) is 8.75. The highest BCUT2D eigenvalue weighted by atomic mass is 35.5. The van der Waals surface area contributed by atoms with E-state index in [-0.39, 0.29) is 47.5 Å². The molecule has 8 nitrogen and oxygen atoms in total. The van der Waals surface area contributed by atoms with Crippen molar-refractivity contribution in [2.75, 3.05) is 20.8 Å². The fourth-order valence-electron chi connectivity index (χ4n) is 4.40.